The van der Waals surface area contributed by atoms with E-state index in [1.165, 1.54) is 0 Å². The van der Waals surface area contributed by atoms with Crippen LogP contribution in [0.4, 0.5) is 0 Å². The topological polar surface area (TPSA) is 46.6 Å². The maximum Gasteiger partial charge on any atom is 0.293 e. The number of hydrogen-bond donors (Lipinski definition) is 0. The van der Waals surface area contributed by atoms with E-state index < -0.39 is 0 Å². The molecule has 4 nitrogen and oxygen atoms in total. The van der Waals surface area contributed by atoms with Crippen molar-refractivity contribution in [3.05, 3.63) is 0 Å². The van der Waals surface area contributed by atoms with Crippen LogP contribution in [0.2, 0.25) is 0 Å². The minimum atomic E-state index is 0.274. The van der Waals surface area contributed by atoms with Crippen LogP contribution in [-0.4, -0.2) is 43.4 Å². The minimum absolute atomic E-state index is 0.274. The number of carbonyl (C=O) groups is 2. The molecular formula is C7H11NO3. The summed E-state index contributed by atoms with van der Waals surface area (Å²) in [5.41, 5.74) is 0. The van der Waals surface area contributed by atoms with Crippen molar-refractivity contribution in [1.82, 2.24) is 4.90 Å². The quantitative estimate of drug-likeness (QED) is 0.405. The SMILES string of the molecule is O=COCCN1CCC(=O)C1. The molecule has 1 heterocycles. The predicted octanol–water partition coefficient (Wildman–Crippen LogP) is -0.566. The van der Waals surface area contributed by atoms with Crippen molar-refractivity contribution in [1.29, 1.82) is 0 Å². The van der Waals surface area contributed by atoms with Crippen LogP contribution in [0.1, 0.15) is 6.42 Å². The van der Waals surface area contributed by atoms with Crippen LogP contribution in [0.5, 0.6) is 0 Å². The highest BCUT2D eigenvalue weighted by atomic mass is 16.5. The first kappa shape index (κ1) is 8.20. The molecule has 0 bridgehead atoms. The van der Waals surface area contributed by atoms with Crippen LogP contribution in [-0.2, 0) is 14.3 Å². The van der Waals surface area contributed by atoms with Crippen molar-refractivity contribution in [3.63, 3.8) is 0 Å². The number of ether oxygens (including phenoxy) is 1. The second-order valence-corrected chi connectivity index (χ2v) is 2.53. The van der Waals surface area contributed by atoms with Crippen molar-refractivity contribution < 1.29 is 14.3 Å². The summed E-state index contributed by atoms with van der Waals surface area (Å²) in [4.78, 5) is 22.4. The van der Waals surface area contributed by atoms with Crippen molar-refractivity contribution >= 4 is 12.3 Å². The van der Waals surface area contributed by atoms with Crippen molar-refractivity contribution in [2.45, 2.75) is 6.42 Å². The largest absolute Gasteiger partial charge is 0.467 e. The molecule has 0 spiro atoms. The number of hydrogen-bond acceptors (Lipinski definition) is 4. The molecule has 62 valence electrons. The number of ketones is 1. The van der Waals surface area contributed by atoms with Gasteiger partial charge in [0.1, 0.15) is 12.4 Å². The second-order valence-electron chi connectivity index (χ2n) is 2.53. The van der Waals surface area contributed by atoms with E-state index in [9.17, 15) is 9.59 Å². The molecule has 11 heavy (non-hydrogen) atoms. The molecule has 0 unspecified atom stereocenters. The summed E-state index contributed by atoms with van der Waals surface area (Å²) in [6.07, 6.45) is 0.640. The van der Waals surface area contributed by atoms with Crippen molar-refractivity contribution in [3.8, 4) is 0 Å². The monoisotopic (exact) mass is 157 g/mol. The third-order valence-electron chi connectivity index (χ3n) is 1.70. The van der Waals surface area contributed by atoms with Crippen LogP contribution < -0.4 is 0 Å². The highest BCUT2D eigenvalue weighted by Crippen LogP contribution is 2.02. The number of likely N-dealkylation sites (tertiary alicyclic amines) is 1. The van der Waals surface area contributed by atoms with Gasteiger partial charge in [-0.1, -0.05) is 0 Å². The fourth-order valence-corrected chi connectivity index (χ4v) is 1.11. The zero-order chi connectivity index (χ0) is 8.10. The summed E-state index contributed by atoms with van der Waals surface area (Å²) in [6, 6.07) is 0. The maximum atomic E-state index is 10.7. The Morgan fingerprint density at radius 1 is 1.64 bits per heavy atom. The lowest BCUT2D eigenvalue weighted by Crippen LogP contribution is -2.25. The van der Waals surface area contributed by atoms with E-state index in [1.54, 1.807) is 0 Å². The van der Waals surface area contributed by atoms with E-state index in [0.29, 0.717) is 32.6 Å². The normalized spacial score (nSPS) is 18.7. The van der Waals surface area contributed by atoms with Gasteiger partial charge < -0.3 is 4.74 Å². The van der Waals surface area contributed by atoms with Gasteiger partial charge in [0, 0.05) is 19.5 Å². The molecule has 0 aliphatic carbocycles. The lowest BCUT2D eigenvalue weighted by molar-refractivity contribution is -0.129. The second kappa shape index (κ2) is 4.08. The maximum absolute atomic E-state index is 10.7. The van der Waals surface area contributed by atoms with Gasteiger partial charge in [0.05, 0.1) is 6.54 Å². The van der Waals surface area contributed by atoms with Gasteiger partial charge in [-0.05, 0) is 0 Å². The van der Waals surface area contributed by atoms with Gasteiger partial charge >= 0.3 is 0 Å². The molecule has 0 aromatic heterocycles. The predicted molar refractivity (Wildman–Crippen MR) is 38.1 cm³/mol. The first-order valence-electron chi connectivity index (χ1n) is 3.62. The zero-order valence-electron chi connectivity index (χ0n) is 6.28. The Kier molecular flexibility index (Phi) is 3.04. The van der Waals surface area contributed by atoms with E-state index in [0.717, 1.165) is 6.54 Å². The molecule has 1 aliphatic heterocycles. The van der Waals surface area contributed by atoms with Crippen LogP contribution in [0, 0.1) is 0 Å². The molecule has 0 N–H and O–H groups in total. The molecular weight excluding hydrogens is 146 g/mol. The van der Waals surface area contributed by atoms with E-state index in [4.69, 9.17) is 0 Å². The molecule has 0 aromatic rings. The molecule has 1 rings (SSSR count). The Hall–Kier alpha value is -0.900. The Morgan fingerprint density at radius 3 is 3.00 bits per heavy atom. The highest BCUT2D eigenvalue weighted by Gasteiger charge is 2.18. The molecule has 1 fully saturated rings. The smallest absolute Gasteiger partial charge is 0.293 e. The fraction of sp³-hybridized carbons (Fsp3) is 0.714. The Labute approximate surface area is 65.1 Å². The summed E-state index contributed by atoms with van der Waals surface area (Å²) in [5.74, 6) is 0.274. The Morgan fingerprint density at radius 2 is 2.45 bits per heavy atom. The molecule has 1 aliphatic rings. The van der Waals surface area contributed by atoms with Crippen LogP contribution in [0.25, 0.3) is 0 Å². The summed E-state index contributed by atoms with van der Waals surface area (Å²) in [6.45, 7) is 2.81. The first-order valence-corrected chi connectivity index (χ1v) is 3.62. The first-order chi connectivity index (χ1) is 5.33. The molecule has 1 saturated heterocycles. The molecule has 0 atom stereocenters. The van der Waals surface area contributed by atoms with Gasteiger partial charge in [0.15, 0.2) is 0 Å². The lowest BCUT2D eigenvalue weighted by atomic mass is 10.4. The molecule has 0 saturated carbocycles. The van der Waals surface area contributed by atoms with Crippen LogP contribution in [0.3, 0.4) is 0 Å². The van der Waals surface area contributed by atoms with Crippen LogP contribution in [0.15, 0.2) is 0 Å². The Bertz CT molecular complexity index is 158. The molecule has 0 amide bonds. The van der Waals surface area contributed by atoms with Crippen LogP contribution >= 0.6 is 0 Å². The minimum Gasteiger partial charge on any atom is -0.467 e. The summed E-state index contributed by atoms with van der Waals surface area (Å²) in [5, 5.41) is 0. The number of rotatable bonds is 4. The molecule has 0 aromatic carbocycles. The van der Waals surface area contributed by atoms with Crippen molar-refractivity contribution in [2.24, 2.45) is 0 Å². The molecule has 0 radical (unpaired) electrons. The van der Waals surface area contributed by atoms with Gasteiger partial charge in [-0.2, -0.15) is 0 Å². The number of carbonyl (C=O) groups excluding carboxylic acids is 2. The summed E-state index contributed by atoms with van der Waals surface area (Å²) >= 11 is 0. The zero-order valence-corrected chi connectivity index (χ0v) is 6.28. The van der Waals surface area contributed by atoms with Gasteiger partial charge in [0.25, 0.3) is 6.47 Å². The highest BCUT2D eigenvalue weighted by molar-refractivity contribution is 5.82. The summed E-state index contributed by atoms with van der Waals surface area (Å²) < 4.78 is 4.50. The van der Waals surface area contributed by atoms with E-state index >= 15 is 0 Å². The van der Waals surface area contributed by atoms with Gasteiger partial charge in [0.2, 0.25) is 0 Å². The van der Waals surface area contributed by atoms with E-state index in [-0.39, 0.29) is 5.78 Å². The number of Topliss-reactive ketones (excluding diaryl/α,β-unsaturated/α-hetero) is 1. The average molecular weight is 157 g/mol. The van der Waals surface area contributed by atoms with E-state index in [1.807, 2.05) is 4.90 Å². The third kappa shape index (κ3) is 2.67. The van der Waals surface area contributed by atoms with Gasteiger partial charge in [-0.15, -0.1) is 0 Å². The standard InChI is InChI=1S/C7H11NO3/c9-6-11-4-3-8-2-1-7(10)5-8/h6H,1-5H2. The van der Waals surface area contributed by atoms with Gasteiger partial charge in [-0.3, -0.25) is 14.5 Å². The molecule has 4 heteroatoms. The number of nitrogens with zero attached hydrogens (tertiary/aromatic N) is 1. The fourth-order valence-electron chi connectivity index (χ4n) is 1.11. The van der Waals surface area contributed by atoms with Crippen molar-refractivity contribution in [2.75, 3.05) is 26.2 Å². The summed E-state index contributed by atoms with van der Waals surface area (Å²) in [7, 11) is 0. The van der Waals surface area contributed by atoms with Gasteiger partial charge in [-0.25, -0.2) is 0 Å². The Balaban J connectivity index is 2.08. The van der Waals surface area contributed by atoms with E-state index in [2.05, 4.69) is 4.74 Å². The lowest BCUT2D eigenvalue weighted by Gasteiger charge is -2.11. The third-order valence-corrected chi connectivity index (χ3v) is 1.70. The average Bonchev–Trinajstić information content (AvgIpc) is 2.37.